The molecule has 144 valence electrons. The zero-order valence-corrected chi connectivity index (χ0v) is 15.5. The van der Waals surface area contributed by atoms with Crippen LogP contribution in [0.25, 0.3) is 38.2 Å². The third-order valence-electron chi connectivity index (χ3n) is 5.50. The van der Waals surface area contributed by atoms with E-state index in [0.717, 1.165) is 16.4 Å². The van der Waals surface area contributed by atoms with E-state index in [0.29, 0.717) is 27.5 Å². The molecule has 2 heterocycles. The molecule has 0 saturated carbocycles. The lowest BCUT2D eigenvalue weighted by molar-refractivity contribution is 0.591. The molecule has 6 aromatic rings. The van der Waals surface area contributed by atoms with Crippen molar-refractivity contribution >= 4 is 49.6 Å². The number of imidazole rings is 1. The lowest BCUT2D eigenvalue weighted by atomic mass is 10.0. The van der Waals surface area contributed by atoms with Crippen LogP contribution in [0.15, 0.2) is 77.6 Å². The number of halogens is 2. The molecule has 0 bridgehead atoms. The van der Waals surface area contributed by atoms with Crippen molar-refractivity contribution in [3.63, 3.8) is 0 Å². The number of nitrogens with zero attached hydrogens (tertiary/aromatic N) is 2. The molecule has 30 heavy (non-hydrogen) atoms. The Morgan fingerprint density at radius 2 is 1.50 bits per heavy atom. The number of nitrogens with one attached hydrogen (secondary N) is 1. The van der Waals surface area contributed by atoms with Gasteiger partial charge in [-0.15, -0.1) is 0 Å². The van der Waals surface area contributed by atoms with E-state index in [1.165, 1.54) is 18.2 Å². The van der Waals surface area contributed by atoms with E-state index in [2.05, 4.69) is 10.3 Å². The van der Waals surface area contributed by atoms with Crippen LogP contribution in [0, 0.1) is 11.6 Å². The Morgan fingerprint density at radius 3 is 2.33 bits per heavy atom. The molecule has 2 aromatic heterocycles. The molecule has 4 aromatic carbocycles. The number of anilines is 2. The zero-order chi connectivity index (χ0) is 20.4. The van der Waals surface area contributed by atoms with Crippen LogP contribution in [-0.4, -0.2) is 9.38 Å². The molecule has 0 fully saturated rings. The van der Waals surface area contributed by atoms with Crippen molar-refractivity contribution in [3.05, 3.63) is 94.8 Å². The van der Waals surface area contributed by atoms with E-state index < -0.39 is 11.6 Å². The van der Waals surface area contributed by atoms with Gasteiger partial charge in [0.1, 0.15) is 23.0 Å². The standard InChI is InChI=1S/C24H13F2N3O/c25-16-7-4-8-17(26)22(16)27-18-12-11-14-21-13(18)5-3-6-15(21)24(30)29-20-10-2-1-9-19(20)28-23(14)29/h1-12,27H. The predicted molar refractivity (Wildman–Crippen MR) is 115 cm³/mol. The fraction of sp³-hybridized carbons (Fsp3) is 0. The number of aromatic nitrogens is 2. The number of hydrogen-bond acceptors (Lipinski definition) is 3. The fourth-order valence-electron chi connectivity index (χ4n) is 4.16. The van der Waals surface area contributed by atoms with Crippen molar-refractivity contribution in [1.29, 1.82) is 0 Å². The first-order chi connectivity index (χ1) is 14.6. The summed E-state index contributed by atoms with van der Waals surface area (Å²) in [5.74, 6) is -1.37. The second-order valence-electron chi connectivity index (χ2n) is 7.18. The molecule has 0 amide bonds. The van der Waals surface area contributed by atoms with Crippen LogP contribution in [0.4, 0.5) is 20.2 Å². The summed E-state index contributed by atoms with van der Waals surface area (Å²) in [6, 6.07) is 20.1. The Kier molecular flexibility index (Phi) is 3.35. The van der Waals surface area contributed by atoms with Crippen molar-refractivity contribution in [2.24, 2.45) is 0 Å². The van der Waals surface area contributed by atoms with Gasteiger partial charge >= 0.3 is 0 Å². The van der Waals surface area contributed by atoms with E-state index in [1.807, 2.05) is 36.4 Å². The Balaban J connectivity index is 1.72. The summed E-state index contributed by atoms with van der Waals surface area (Å²) in [7, 11) is 0. The van der Waals surface area contributed by atoms with Gasteiger partial charge in [0.25, 0.3) is 5.56 Å². The minimum Gasteiger partial charge on any atom is -0.350 e. The summed E-state index contributed by atoms with van der Waals surface area (Å²) in [4.78, 5) is 18.0. The number of para-hydroxylation sites is 3. The van der Waals surface area contributed by atoms with Gasteiger partial charge in [-0.1, -0.05) is 30.3 Å². The molecular formula is C24H13F2N3O. The summed E-state index contributed by atoms with van der Waals surface area (Å²) in [6.07, 6.45) is 0. The van der Waals surface area contributed by atoms with Gasteiger partial charge in [0.15, 0.2) is 0 Å². The molecule has 0 aliphatic heterocycles. The molecule has 1 N–H and O–H groups in total. The summed E-state index contributed by atoms with van der Waals surface area (Å²) >= 11 is 0. The maximum atomic E-state index is 14.2. The molecule has 0 spiro atoms. The van der Waals surface area contributed by atoms with Crippen LogP contribution in [0.3, 0.4) is 0 Å². The Bertz CT molecular complexity index is 1650. The minimum atomic E-state index is -0.687. The number of pyridine rings is 1. The van der Waals surface area contributed by atoms with Crippen molar-refractivity contribution in [1.82, 2.24) is 9.38 Å². The second kappa shape index (κ2) is 5.97. The summed E-state index contributed by atoms with van der Waals surface area (Å²) < 4.78 is 30.0. The van der Waals surface area contributed by atoms with Crippen LogP contribution in [-0.2, 0) is 0 Å². The van der Waals surface area contributed by atoms with Crippen LogP contribution >= 0.6 is 0 Å². The molecule has 0 unspecified atom stereocenters. The highest BCUT2D eigenvalue weighted by molar-refractivity contribution is 6.19. The molecule has 0 aliphatic rings. The van der Waals surface area contributed by atoms with Crippen LogP contribution < -0.4 is 10.9 Å². The number of rotatable bonds is 2. The largest absolute Gasteiger partial charge is 0.350 e. The third kappa shape index (κ3) is 2.18. The number of hydrogen-bond donors (Lipinski definition) is 1. The van der Waals surface area contributed by atoms with Crippen molar-refractivity contribution in [2.75, 3.05) is 5.32 Å². The molecule has 6 heteroatoms. The normalized spacial score (nSPS) is 11.8. The molecule has 0 saturated heterocycles. The van der Waals surface area contributed by atoms with E-state index in [-0.39, 0.29) is 11.2 Å². The van der Waals surface area contributed by atoms with Crippen molar-refractivity contribution in [2.45, 2.75) is 0 Å². The van der Waals surface area contributed by atoms with E-state index in [1.54, 1.807) is 22.6 Å². The first-order valence-corrected chi connectivity index (χ1v) is 9.43. The summed E-state index contributed by atoms with van der Waals surface area (Å²) in [6.45, 7) is 0. The highest BCUT2D eigenvalue weighted by Crippen LogP contribution is 2.35. The zero-order valence-electron chi connectivity index (χ0n) is 15.5. The average Bonchev–Trinajstić information content (AvgIpc) is 3.15. The predicted octanol–water partition coefficient (Wildman–Crippen LogP) is 5.61. The quantitative estimate of drug-likeness (QED) is 0.413. The SMILES string of the molecule is O=c1c2cccc3c(Nc4c(F)cccc4F)ccc(c32)c2nc3ccccc3n12. The second-order valence-corrected chi connectivity index (χ2v) is 7.18. The highest BCUT2D eigenvalue weighted by Gasteiger charge is 2.18. The first kappa shape index (κ1) is 16.9. The Morgan fingerprint density at radius 1 is 0.767 bits per heavy atom. The van der Waals surface area contributed by atoms with Crippen LogP contribution in [0.1, 0.15) is 0 Å². The Hall–Kier alpha value is -4.06. The first-order valence-electron chi connectivity index (χ1n) is 9.43. The third-order valence-corrected chi connectivity index (χ3v) is 5.50. The smallest absolute Gasteiger partial charge is 0.264 e. The molecule has 0 radical (unpaired) electrons. The molecule has 0 aliphatic carbocycles. The van der Waals surface area contributed by atoms with Crippen molar-refractivity contribution in [3.8, 4) is 0 Å². The Labute approximate surface area is 168 Å². The van der Waals surface area contributed by atoms with E-state index in [9.17, 15) is 13.6 Å². The van der Waals surface area contributed by atoms with Gasteiger partial charge in [0, 0.05) is 27.2 Å². The van der Waals surface area contributed by atoms with E-state index in [4.69, 9.17) is 0 Å². The van der Waals surface area contributed by atoms with Gasteiger partial charge in [0.05, 0.1) is 11.0 Å². The monoisotopic (exact) mass is 397 g/mol. The van der Waals surface area contributed by atoms with E-state index >= 15 is 0 Å². The molecule has 0 atom stereocenters. The average molecular weight is 397 g/mol. The molecular weight excluding hydrogens is 384 g/mol. The number of fused-ring (bicyclic) bond motifs is 4. The van der Waals surface area contributed by atoms with Gasteiger partial charge in [0.2, 0.25) is 0 Å². The van der Waals surface area contributed by atoms with Gasteiger partial charge in [-0.25, -0.2) is 13.8 Å². The topological polar surface area (TPSA) is 46.4 Å². The molecule has 4 nitrogen and oxygen atoms in total. The van der Waals surface area contributed by atoms with Crippen molar-refractivity contribution < 1.29 is 8.78 Å². The number of benzene rings is 4. The minimum absolute atomic E-state index is 0.175. The maximum Gasteiger partial charge on any atom is 0.264 e. The van der Waals surface area contributed by atoms with Gasteiger partial charge in [-0.3, -0.25) is 9.20 Å². The summed E-state index contributed by atoms with van der Waals surface area (Å²) in [5, 5.41) is 5.60. The fourth-order valence-corrected chi connectivity index (χ4v) is 4.16. The lowest BCUT2D eigenvalue weighted by Gasteiger charge is -2.14. The van der Waals surface area contributed by atoms with Gasteiger partial charge < -0.3 is 5.32 Å². The van der Waals surface area contributed by atoms with Gasteiger partial charge in [-0.2, -0.15) is 0 Å². The highest BCUT2D eigenvalue weighted by atomic mass is 19.1. The maximum absolute atomic E-state index is 14.2. The summed E-state index contributed by atoms with van der Waals surface area (Å²) in [5.41, 5.74) is 2.15. The molecule has 6 rings (SSSR count). The van der Waals surface area contributed by atoms with Crippen LogP contribution in [0.2, 0.25) is 0 Å². The lowest BCUT2D eigenvalue weighted by Crippen LogP contribution is -2.13. The van der Waals surface area contributed by atoms with Gasteiger partial charge in [-0.05, 0) is 42.5 Å². The van der Waals surface area contributed by atoms with Crippen LogP contribution in [0.5, 0.6) is 0 Å².